The van der Waals surface area contributed by atoms with Crippen LogP contribution in [-0.4, -0.2) is 11.0 Å². The van der Waals surface area contributed by atoms with Gasteiger partial charge in [-0.3, -0.25) is 4.79 Å². The van der Waals surface area contributed by atoms with Gasteiger partial charge in [0.2, 0.25) is 5.91 Å². The Morgan fingerprint density at radius 2 is 1.84 bits per heavy atom. The molecule has 0 heterocycles. The first-order chi connectivity index (χ1) is 12.1. The lowest BCUT2D eigenvalue weighted by Crippen LogP contribution is -2.12. The molecule has 0 saturated heterocycles. The van der Waals surface area contributed by atoms with Crippen molar-refractivity contribution in [2.45, 2.75) is 45.6 Å². The van der Waals surface area contributed by atoms with Crippen LogP contribution in [0.3, 0.4) is 0 Å². The highest BCUT2D eigenvalue weighted by atomic mass is 16.3. The van der Waals surface area contributed by atoms with Crippen molar-refractivity contribution in [3.63, 3.8) is 0 Å². The third-order valence-corrected chi connectivity index (χ3v) is 4.02. The SMILES string of the molecule is CCCCCCC(=O)Nc1ccc(NCc2ccc(O)cc2)cc1N. The number of amides is 1. The molecule has 0 bridgehead atoms. The zero-order valence-corrected chi connectivity index (χ0v) is 14.7. The number of hydrogen-bond acceptors (Lipinski definition) is 4. The lowest BCUT2D eigenvalue weighted by atomic mass is 10.1. The molecule has 5 N–H and O–H groups in total. The predicted molar refractivity (Wildman–Crippen MR) is 104 cm³/mol. The second kappa shape index (κ2) is 9.57. The lowest BCUT2D eigenvalue weighted by molar-refractivity contribution is -0.116. The van der Waals surface area contributed by atoms with Crippen molar-refractivity contribution >= 4 is 23.0 Å². The summed E-state index contributed by atoms with van der Waals surface area (Å²) >= 11 is 0. The van der Waals surface area contributed by atoms with Gasteiger partial charge in [0.05, 0.1) is 11.4 Å². The van der Waals surface area contributed by atoms with Gasteiger partial charge < -0.3 is 21.5 Å². The van der Waals surface area contributed by atoms with Gasteiger partial charge in [-0.15, -0.1) is 0 Å². The number of nitrogens with two attached hydrogens (primary N) is 1. The summed E-state index contributed by atoms with van der Waals surface area (Å²) in [6.07, 6.45) is 4.84. The van der Waals surface area contributed by atoms with E-state index in [4.69, 9.17) is 5.73 Å². The van der Waals surface area contributed by atoms with Gasteiger partial charge in [0, 0.05) is 18.7 Å². The number of phenolic OH excluding ortho intramolecular Hbond substituents is 1. The molecular weight excluding hydrogens is 314 g/mol. The molecule has 1 amide bonds. The zero-order chi connectivity index (χ0) is 18.1. The van der Waals surface area contributed by atoms with Crippen LogP contribution in [0.1, 0.15) is 44.6 Å². The van der Waals surface area contributed by atoms with Crippen LogP contribution in [0.5, 0.6) is 5.75 Å². The lowest BCUT2D eigenvalue weighted by Gasteiger charge is -2.12. The molecule has 0 aliphatic heterocycles. The summed E-state index contributed by atoms with van der Waals surface area (Å²) in [4.78, 5) is 11.9. The van der Waals surface area contributed by atoms with Crippen molar-refractivity contribution in [2.75, 3.05) is 16.4 Å². The Bertz CT molecular complexity index is 684. The van der Waals surface area contributed by atoms with Crippen molar-refractivity contribution < 1.29 is 9.90 Å². The van der Waals surface area contributed by atoms with Crippen molar-refractivity contribution in [1.29, 1.82) is 0 Å². The van der Waals surface area contributed by atoms with E-state index in [0.29, 0.717) is 24.3 Å². The van der Waals surface area contributed by atoms with Crippen LogP contribution in [0, 0.1) is 0 Å². The Labute approximate surface area is 149 Å². The van der Waals surface area contributed by atoms with Crippen molar-refractivity contribution in [3.8, 4) is 5.75 Å². The van der Waals surface area contributed by atoms with Gasteiger partial charge in [0.25, 0.3) is 0 Å². The molecule has 0 spiro atoms. The van der Waals surface area contributed by atoms with Gasteiger partial charge in [-0.2, -0.15) is 0 Å². The molecule has 0 aliphatic rings. The summed E-state index contributed by atoms with van der Waals surface area (Å²) in [5.74, 6) is 0.260. The van der Waals surface area contributed by atoms with Crippen LogP contribution in [-0.2, 0) is 11.3 Å². The molecule has 0 aliphatic carbocycles. The number of nitrogens with one attached hydrogen (secondary N) is 2. The second-order valence-electron chi connectivity index (χ2n) is 6.18. The topological polar surface area (TPSA) is 87.4 Å². The Hall–Kier alpha value is -2.69. The van der Waals surface area contributed by atoms with E-state index in [9.17, 15) is 9.90 Å². The Morgan fingerprint density at radius 3 is 2.52 bits per heavy atom. The standard InChI is InChI=1S/C20H27N3O2/c1-2-3-4-5-6-20(25)23-19-12-9-16(13-18(19)21)22-14-15-7-10-17(24)11-8-15/h7-13,22,24H,2-6,14,21H2,1H3,(H,23,25). The van der Waals surface area contributed by atoms with Crippen LogP contribution in [0.25, 0.3) is 0 Å². The number of aromatic hydroxyl groups is 1. The average molecular weight is 341 g/mol. The van der Waals surface area contributed by atoms with Gasteiger partial charge in [-0.05, 0) is 42.3 Å². The molecule has 2 aromatic carbocycles. The number of carbonyl (C=O) groups excluding carboxylic acids is 1. The molecule has 5 nitrogen and oxygen atoms in total. The molecule has 0 atom stereocenters. The fourth-order valence-electron chi connectivity index (χ4n) is 2.53. The molecule has 0 radical (unpaired) electrons. The minimum atomic E-state index is 0.00704. The number of anilines is 3. The van der Waals surface area contributed by atoms with Crippen molar-refractivity contribution in [2.24, 2.45) is 0 Å². The highest BCUT2D eigenvalue weighted by Crippen LogP contribution is 2.24. The van der Waals surface area contributed by atoms with E-state index in [2.05, 4.69) is 17.6 Å². The average Bonchev–Trinajstić information content (AvgIpc) is 2.60. The van der Waals surface area contributed by atoms with Crippen molar-refractivity contribution in [3.05, 3.63) is 48.0 Å². The monoisotopic (exact) mass is 341 g/mol. The maximum Gasteiger partial charge on any atom is 0.224 e. The Balaban J connectivity index is 1.84. The van der Waals surface area contributed by atoms with E-state index in [0.717, 1.165) is 36.9 Å². The predicted octanol–water partition coefficient (Wildman–Crippen LogP) is 4.50. The largest absolute Gasteiger partial charge is 0.508 e. The number of hydrogen-bond donors (Lipinski definition) is 4. The first-order valence-electron chi connectivity index (χ1n) is 8.79. The number of benzene rings is 2. The van der Waals surface area contributed by atoms with E-state index in [1.807, 2.05) is 30.3 Å². The summed E-state index contributed by atoms with van der Waals surface area (Å²) in [5, 5.41) is 15.4. The normalized spacial score (nSPS) is 10.4. The van der Waals surface area contributed by atoms with Crippen LogP contribution in [0.4, 0.5) is 17.1 Å². The van der Waals surface area contributed by atoms with E-state index in [1.165, 1.54) is 0 Å². The maximum absolute atomic E-state index is 11.9. The maximum atomic E-state index is 11.9. The zero-order valence-electron chi connectivity index (χ0n) is 14.7. The highest BCUT2D eigenvalue weighted by molar-refractivity contribution is 5.94. The molecular formula is C20H27N3O2. The fourth-order valence-corrected chi connectivity index (χ4v) is 2.53. The van der Waals surface area contributed by atoms with Gasteiger partial charge >= 0.3 is 0 Å². The quantitative estimate of drug-likeness (QED) is 0.399. The van der Waals surface area contributed by atoms with Crippen LogP contribution in [0.15, 0.2) is 42.5 Å². The van der Waals surface area contributed by atoms with Gasteiger partial charge in [-0.1, -0.05) is 38.3 Å². The molecule has 5 heteroatoms. The first-order valence-corrected chi connectivity index (χ1v) is 8.79. The third-order valence-electron chi connectivity index (χ3n) is 4.02. The van der Waals surface area contributed by atoms with E-state index >= 15 is 0 Å². The number of phenols is 1. The van der Waals surface area contributed by atoms with Gasteiger partial charge in [0.15, 0.2) is 0 Å². The molecule has 0 unspecified atom stereocenters. The third kappa shape index (κ3) is 6.37. The molecule has 0 saturated carbocycles. The van der Waals surface area contributed by atoms with Gasteiger partial charge in [-0.25, -0.2) is 0 Å². The smallest absolute Gasteiger partial charge is 0.224 e. The number of rotatable bonds is 9. The van der Waals surface area contributed by atoms with E-state index in [1.54, 1.807) is 12.1 Å². The Kier molecular flexibility index (Phi) is 7.14. The molecule has 25 heavy (non-hydrogen) atoms. The van der Waals surface area contributed by atoms with Crippen LogP contribution < -0.4 is 16.4 Å². The molecule has 0 fully saturated rings. The number of nitrogen functional groups attached to an aromatic ring is 1. The van der Waals surface area contributed by atoms with E-state index < -0.39 is 0 Å². The summed E-state index contributed by atoms with van der Waals surface area (Å²) in [6, 6.07) is 12.6. The van der Waals surface area contributed by atoms with Gasteiger partial charge in [0.1, 0.15) is 5.75 Å². The molecule has 2 rings (SSSR count). The minimum Gasteiger partial charge on any atom is -0.508 e. The fraction of sp³-hybridized carbons (Fsp3) is 0.350. The molecule has 2 aromatic rings. The summed E-state index contributed by atoms with van der Waals surface area (Å²) < 4.78 is 0. The summed E-state index contributed by atoms with van der Waals surface area (Å²) in [5.41, 5.74) is 9.17. The first kappa shape index (κ1) is 18.6. The summed E-state index contributed by atoms with van der Waals surface area (Å²) in [7, 11) is 0. The highest BCUT2D eigenvalue weighted by Gasteiger charge is 2.06. The summed E-state index contributed by atoms with van der Waals surface area (Å²) in [6.45, 7) is 2.78. The number of carbonyl (C=O) groups is 1. The molecule has 0 aromatic heterocycles. The van der Waals surface area contributed by atoms with Crippen LogP contribution in [0.2, 0.25) is 0 Å². The van der Waals surface area contributed by atoms with Crippen molar-refractivity contribution in [1.82, 2.24) is 0 Å². The van der Waals surface area contributed by atoms with Crippen LogP contribution >= 0.6 is 0 Å². The Morgan fingerprint density at radius 1 is 1.08 bits per heavy atom. The second-order valence-corrected chi connectivity index (χ2v) is 6.18. The van der Waals surface area contributed by atoms with E-state index in [-0.39, 0.29) is 11.7 Å². The molecule has 134 valence electrons. The minimum absolute atomic E-state index is 0.00704. The number of unbranched alkanes of at least 4 members (excludes halogenated alkanes) is 3.